The van der Waals surface area contributed by atoms with Gasteiger partial charge in [0.15, 0.2) is 0 Å². The van der Waals surface area contributed by atoms with Gasteiger partial charge in [0.2, 0.25) is 0 Å². The second-order valence-corrected chi connectivity index (χ2v) is 5.53. The van der Waals surface area contributed by atoms with Gasteiger partial charge in [-0.1, -0.05) is 26.3 Å². The standard InChI is InChI=1S/C16H26N2O/c1-6-12(4)13(5)18-15-9-7-8-14(10-15)16(19)17-11(2)3/h7-13,18H,6H2,1-5H3,(H,17,19). The molecule has 0 radical (unpaired) electrons. The lowest BCUT2D eigenvalue weighted by molar-refractivity contribution is 0.0943. The normalized spacial score (nSPS) is 14.0. The van der Waals surface area contributed by atoms with Crippen molar-refractivity contribution in [3.63, 3.8) is 0 Å². The van der Waals surface area contributed by atoms with Gasteiger partial charge in [-0.15, -0.1) is 0 Å². The summed E-state index contributed by atoms with van der Waals surface area (Å²) in [6.45, 7) is 10.5. The molecule has 1 aromatic rings. The Bertz CT molecular complexity index is 415. The highest BCUT2D eigenvalue weighted by molar-refractivity contribution is 5.95. The smallest absolute Gasteiger partial charge is 0.251 e. The Labute approximate surface area is 116 Å². The van der Waals surface area contributed by atoms with Gasteiger partial charge in [0.05, 0.1) is 0 Å². The molecule has 19 heavy (non-hydrogen) atoms. The number of carbonyl (C=O) groups is 1. The first-order valence-electron chi connectivity index (χ1n) is 7.11. The van der Waals surface area contributed by atoms with Gasteiger partial charge in [-0.3, -0.25) is 4.79 Å². The first kappa shape index (κ1) is 15.5. The zero-order valence-electron chi connectivity index (χ0n) is 12.7. The molecule has 0 spiro atoms. The summed E-state index contributed by atoms with van der Waals surface area (Å²) in [5, 5.41) is 6.37. The molecule has 0 aromatic heterocycles. The van der Waals surface area contributed by atoms with Gasteiger partial charge < -0.3 is 10.6 Å². The van der Waals surface area contributed by atoms with E-state index < -0.39 is 0 Å². The molecule has 2 N–H and O–H groups in total. The van der Waals surface area contributed by atoms with Crippen LogP contribution in [-0.2, 0) is 0 Å². The van der Waals surface area contributed by atoms with E-state index in [1.165, 1.54) is 0 Å². The summed E-state index contributed by atoms with van der Waals surface area (Å²) in [6, 6.07) is 8.23. The van der Waals surface area contributed by atoms with Crippen molar-refractivity contribution in [2.45, 2.75) is 53.1 Å². The molecule has 1 aromatic carbocycles. The Balaban J connectivity index is 2.74. The predicted molar refractivity (Wildman–Crippen MR) is 81.6 cm³/mol. The Kier molecular flexibility index (Phi) is 5.87. The van der Waals surface area contributed by atoms with Crippen molar-refractivity contribution in [1.29, 1.82) is 0 Å². The predicted octanol–water partition coefficient (Wildman–Crippen LogP) is 3.67. The fraction of sp³-hybridized carbons (Fsp3) is 0.562. The molecule has 0 aliphatic carbocycles. The van der Waals surface area contributed by atoms with Gasteiger partial charge in [0.25, 0.3) is 5.91 Å². The van der Waals surface area contributed by atoms with E-state index in [2.05, 4.69) is 31.4 Å². The molecule has 0 saturated heterocycles. The van der Waals surface area contributed by atoms with Gasteiger partial charge in [-0.25, -0.2) is 0 Å². The van der Waals surface area contributed by atoms with E-state index in [-0.39, 0.29) is 11.9 Å². The van der Waals surface area contributed by atoms with Crippen LogP contribution in [0.3, 0.4) is 0 Å². The molecule has 106 valence electrons. The van der Waals surface area contributed by atoms with E-state index in [4.69, 9.17) is 0 Å². The number of benzene rings is 1. The molecule has 2 atom stereocenters. The van der Waals surface area contributed by atoms with Crippen molar-refractivity contribution in [1.82, 2.24) is 5.32 Å². The third-order valence-corrected chi connectivity index (χ3v) is 3.44. The number of nitrogens with one attached hydrogen (secondary N) is 2. The van der Waals surface area contributed by atoms with Crippen LogP contribution in [0.15, 0.2) is 24.3 Å². The van der Waals surface area contributed by atoms with E-state index in [0.29, 0.717) is 17.5 Å². The minimum atomic E-state index is -0.0187. The van der Waals surface area contributed by atoms with E-state index in [9.17, 15) is 4.79 Å². The summed E-state index contributed by atoms with van der Waals surface area (Å²) in [5.41, 5.74) is 1.71. The Hall–Kier alpha value is -1.51. The van der Waals surface area contributed by atoms with Crippen molar-refractivity contribution in [3.05, 3.63) is 29.8 Å². The molecular formula is C16H26N2O. The lowest BCUT2D eigenvalue weighted by Gasteiger charge is -2.21. The third kappa shape index (κ3) is 4.93. The largest absolute Gasteiger partial charge is 0.382 e. The van der Waals surface area contributed by atoms with E-state index in [1.807, 2.05) is 38.1 Å². The monoisotopic (exact) mass is 262 g/mol. The molecule has 0 heterocycles. The number of rotatable bonds is 6. The highest BCUT2D eigenvalue weighted by Crippen LogP contribution is 2.16. The number of hydrogen-bond donors (Lipinski definition) is 2. The molecule has 1 amide bonds. The summed E-state index contributed by atoms with van der Waals surface area (Å²) in [6.07, 6.45) is 1.14. The molecule has 0 fully saturated rings. The average Bonchev–Trinajstić information content (AvgIpc) is 2.37. The third-order valence-electron chi connectivity index (χ3n) is 3.44. The molecule has 1 rings (SSSR count). The Morgan fingerprint density at radius 2 is 1.89 bits per heavy atom. The summed E-state index contributed by atoms with van der Waals surface area (Å²) in [4.78, 5) is 11.9. The summed E-state index contributed by atoms with van der Waals surface area (Å²) >= 11 is 0. The molecule has 2 unspecified atom stereocenters. The van der Waals surface area contributed by atoms with Crippen molar-refractivity contribution >= 4 is 11.6 Å². The van der Waals surface area contributed by atoms with Gasteiger partial charge in [-0.2, -0.15) is 0 Å². The molecule has 0 aliphatic rings. The Morgan fingerprint density at radius 1 is 1.21 bits per heavy atom. The Morgan fingerprint density at radius 3 is 2.47 bits per heavy atom. The second kappa shape index (κ2) is 7.17. The summed E-state index contributed by atoms with van der Waals surface area (Å²) < 4.78 is 0. The van der Waals surface area contributed by atoms with Gasteiger partial charge in [0, 0.05) is 23.3 Å². The zero-order chi connectivity index (χ0) is 14.4. The van der Waals surface area contributed by atoms with Crippen molar-refractivity contribution < 1.29 is 4.79 Å². The van der Waals surface area contributed by atoms with Crippen molar-refractivity contribution in [3.8, 4) is 0 Å². The van der Waals surface area contributed by atoms with Crippen LogP contribution in [0.1, 0.15) is 51.4 Å². The van der Waals surface area contributed by atoms with Gasteiger partial charge in [-0.05, 0) is 44.9 Å². The highest BCUT2D eigenvalue weighted by Gasteiger charge is 2.11. The van der Waals surface area contributed by atoms with Crippen LogP contribution >= 0.6 is 0 Å². The van der Waals surface area contributed by atoms with Gasteiger partial charge in [0.1, 0.15) is 0 Å². The maximum Gasteiger partial charge on any atom is 0.251 e. The number of amides is 1. The lowest BCUT2D eigenvalue weighted by atomic mass is 10.0. The number of carbonyl (C=O) groups excluding carboxylic acids is 1. The first-order valence-corrected chi connectivity index (χ1v) is 7.11. The quantitative estimate of drug-likeness (QED) is 0.821. The topological polar surface area (TPSA) is 41.1 Å². The number of hydrogen-bond acceptors (Lipinski definition) is 2. The van der Waals surface area contributed by atoms with Crippen LogP contribution in [-0.4, -0.2) is 18.0 Å². The van der Waals surface area contributed by atoms with Crippen LogP contribution in [0.5, 0.6) is 0 Å². The number of anilines is 1. The molecule has 0 bridgehead atoms. The first-order chi connectivity index (χ1) is 8.93. The fourth-order valence-corrected chi connectivity index (χ4v) is 1.85. The van der Waals surface area contributed by atoms with E-state index >= 15 is 0 Å². The SMILES string of the molecule is CCC(C)C(C)Nc1cccc(C(=O)NC(C)C)c1. The van der Waals surface area contributed by atoms with Crippen molar-refractivity contribution in [2.75, 3.05) is 5.32 Å². The summed E-state index contributed by atoms with van der Waals surface area (Å²) in [7, 11) is 0. The van der Waals surface area contributed by atoms with Crippen LogP contribution < -0.4 is 10.6 Å². The molecule has 3 heteroatoms. The lowest BCUT2D eigenvalue weighted by Crippen LogP contribution is -2.30. The van der Waals surface area contributed by atoms with Crippen LogP contribution in [0.2, 0.25) is 0 Å². The molecule has 0 aliphatic heterocycles. The maximum absolute atomic E-state index is 11.9. The summed E-state index contributed by atoms with van der Waals surface area (Å²) in [5.74, 6) is 0.586. The van der Waals surface area contributed by atoms with Crippen LogP contribution in [0.4, 0.5) is 5.69 Å². The minimum absolute atomic E-state index is 0.0187. The van der Waals surface area contributed by atoms with Crippen LogP contribution in [0.25, 0.3) is 0 Å². The average molecular weight is 262 g/mol. The zero-order valence-corrected chi connectivity index (χ0v) is 12.7. The van der Waals surface area contributed by atoms with Crippen molar-refractivity contribution in [2.24, 2.45) is 5.92 Å². The fourth-order valence-electron chi connectivity index (χ4n) is 1.85. The highest BCUT2D eigenvalue weighted by atomic mass is 16.1. The second-order valence-electron chi connectivity index (χ2n) is 5.53. The molecule has 0 saturated carbocycles. The van der Waals surface area contributed by atoms with Gasteiger partial charge >= 0.3 is 0 Å². The molecular weight excluding hydrogens is 236 g/mol. The van der Waals surface area contributed by atoms with E-state index in [0.717, 1.165) is 12.1 Å². The maximum atomic E-state index is 11.9. The van der Waals surface area contributed by atoms with E-state index in [1.54, 1.807) is 0 Å². The molecule has 3 nitrogen and oxygen atoms in total. The minimum Gasteiger partial charge on any atom is -0.382 e. The van der Waals surface area contributed by atoms with Crippen LogP contribution in [0, 0.1) is 5.92 Å².